The number of carboxylic acids is 1. The summed E-state index contributed by atoms with van der Waals surface area (Å²) >= 11 is 3.27. The van der Waals surface area contributed by atoms with Gasteiger partial charge in [-0.05, 0) is 47.0 Å². The van der Waals surface area contributed by atoms with E-state index >= 15 is 0 Å². The molecule has 0 atom stereocenters. The summed E-state index contributed by atoms with van der Waals surface area (Å²) in [6, 6.07) is 5.25. The van der Waals surface area contributed by atoms with Crippen LogP contribution in [0.4, 0.5) is 5.69 Å². The second kappa shape index (κ2) is 6.19. The predicted octanol–water partition coefficient (Wildman–Crippen LogP) is 2.36. The fourth-order valence-corrected chi connectivity index (χ4v) is 3.20. The summed E-state index contributed by atoms with van der Waals surface area (Å²) < 4.78 is 26.5. The van der Waals surface area contributed by atoms with E-state index < -0.39 is 16.0 Å². The number of halogens is 1. The van der Waals surface area contributed by atoms with Crippen molar-refractivity contribution in [2.24, 2.45) is 0 Å². The lowest BCUT2D eigenvalue weighted by molar-refractivity contribution is -0.137. The Balaban J connectivity index is 2.67. The number of carbonyl (C=O) groups is 1. The van der Waals surface area contributed by atoms with E-state index in [1.165, 1.54) is 0 Å². The molecule has 2 N–H and O–H groups in total. The molecule has 5 nitrogen and oxygen atoms in total. The van der Waals surface area contributed by atoms with Crippen molar-refractivity contribution in [3.05, 3.63) is 28.2 Å². The average Bonchev–Trinajstić information content (AvgIpc) is 2.21. The van der Waals surface area contributed by atoms with Crippen LogP contribution in [-0.2, 0) is 14.8 Å². The molecule has 0 spiro atoms. The highest BCUT2D eigenvalue weighted by molar-refractivity contribution is 9.10. The first-order chi connectivity index (χ1) is 8.30. The summed E-state index contributed by atoms with van der Waals surface area (Å²) in [5, 5.41) is 8.45. The molecule has 0 aliphatic heterocycles. The molecule has 0 fully saturated rings. The highest BCUT2D eigenvalue weighted by atomic mass is 79.9. The van der Waals surface area contributed by atoms with E-state index in [0.717, 1.165) is 5.56 Å². The number of sulfonamides is 1. The number of hydrogen-bond donors (Lipinski definition) is 2. The van der Waals surface area contributed by atoms with Crippen molar-refractivity contribution >= 4 is 37.6 Å². The summed E-state index contributed by atoms with van der Waals surface area (Å²) in [6.07, 6.45) is -0.0654. The molecule has 100 valence electrons. The maximum Gasteiger partial charge on any atom is 0.303 e. The molecule has 0 heterocycles. The molecule has 0 aliphatic carbocycles. The molecule has 1 aromatic carbocycles. The van der Waals surface area contributed by atoms with Crippen molar-refractivity contribution in [1.82, 2.24) is 0 Å². The molecular formula is C11H14BrNO4S. The number of hydrogen-bond acceptors (Lipinski definition) is 3. The Labute approximate surface area is 114 Å². The van der Waals surface area contributed by atoms with Crippen LogP contribution in [0.2, 0.25) is 0 Å². The molecule has 0 saturated carbocycles. The first-order valence-corrected chi connectivity index (χ1v) is 7.73. The Bertz CT molecular complexity index is 542. The van der Waals surface area contributed by atoms with Gasteiger partial charge in [-0.25, -0.2) is 8.42 Å². The summed E-state index contributed by atoms with van der Waals surface area (Å²) in [6.45, 7) is 1.90. The van der Waals surface area contributed by atoms with E-state index in [1.807, 2.05) is 6.92 Å². The van der Waals surface area contributed by atoms with Crippen LogP contribution in [0.3, 0.4) is 0 Å². The maximum absolute atomic E-state index is 11.7. The van der Waals surface area contributed by atoms with Gasteiger partial charge in [0.1, 0.15) is 0 Å². The van der Waals surface area contributed by atoms with E-state index in [4.69, 9.17) is 5.11 Å². The fourth-order valence-electron chi connectivity index (χ4n) is 1.33. The van der Waals surface area contributed by atoms with Gasteiger partial charge in [-0.2, -0.15) is 0 Å². The first-order valence-electron chi connectivity index (χ1n) is 5.28. The molecule has 0 unspecified atom stereocenters. The van der Waals surface area contributed by atoms with Crippen LogP contribution in [0.15, 0.2) is 22.7 Å². The van der Waals surface area contributed by atoms with Crippen molar-refractivity contribution in [3.63, 3.8) is 0 Å². The second-order valence-corrected chi connectivity index (χ2v) is 6.60. The molecule has 18 heavy (non-hydrogen) atoms. The largest absolute Gasteiger partial charge is 0.481 e. The van der Waals surface area contributed by atoms with E-state index in [1.54, 1.807) is 18.2 Å². The number of carboxylic acid groups (broad SMARTS) is 1. The Hall–Kier alpha value is -1.08. The van der Waals surface area contributed by atoms with Crippen LogP contribution in [0.5, 0.6) is 0 Å². The molecule has 0 saturated heterocycles. The lowest BCUT2D eigenvalue weighted by atomic mass is 10.2. The smallest absolute Gasteiger partial charge is 0.303 e. The number of aliphatic carboxylic acids is 1. The SMILES string of the molecule is Cc1ccc(NS(=O)(=O)CCCC(=O)O)c(Br)c1. The molecule has 1 aromatic rings. The lowest BCUT2D eigenvalue weighted by Crippen LogP contribution is -2.17. The summed E-state index contributed by atoms with van der Waals surface area (Å²) in [7, 11) is -3.51. The average molecular weight is 336 g/mol. The fraction of sp³-hybridized carbons (Fsp3) is 0.364. The van der Waals surface area contributed by atoms with Crippen molar-refractivity contribution in [2.75, 3.05) is 10.5 Å². The standard InChI is InChI=1S/C11H14BrNO4S/c1-8-4-5-10(9(12)7-8)13-18(16,17)6-2-3-11(14)15/h4-5,7,13H,2-3,6H2,1H3,(H,14,15). The molecule has 0 aromatic heterocycles. The van der Waals surface area contributed by atoms with Gasteiger partial charge < -0.3 is 5.11 Å². The zero-order valence-corrected chi connectivity index (χ0v) is 12.2. The summed E-state index contributed by atoms with van der Waals surface area (Å²) in [4.78, 5) is 10.3. The second-order valence-electron chi connectivity index (χ2n) is 3.90. The number of nitrogens with one attached hydrogen (secondary N) is 1. The minimum absolute atomic E-state index is 0.0914. The zero-order valence-electron chi connectivity index (χ0n) is 9.81. The van der Waals surface area contributed by atoms with Gasteiger partial charge in [0.2, 0.25) is 10.0 Å². The monoisotopic (exact) mass is 335 g/mol. The van der Waals surface area contributed by atoms with Crippen LogP contribution < -0.4 is 4.72 Å². The Kier molecular flexibility index (Phi) is 5.15. The zero-order chi connectivity index (χ0) is 13.8. The van der Waals surface area contributed by atoms with Crippen molar-refractivity contribution in [2.45, 2.75) is 19.8 Å². The number of aryl methyl sites for hydroxylation is 1. The van der Waals surface area contributed by atoms with Crippen LogP contribution >= 0.6 is 15.9 Å². The Morgan fingerprint density at radius 3 is 2.67 bits per heavy atom. The molecule has 1 rings (SSSR count). The van der Waals surface area contributed by atoms with E-state index in [-0.39, 0.29) is 18.6 Å². The Morgan fingerprint density at radius 1 is 1.44 bits per heavy atom. The summed E-state index contributed by atoms with van der Waals surface area (Å²) in [5.74, 6) is -1.21. The van der Waals surface area contributed by atoms with E-state index in [2.05, 4.69) is 20.7 Å². The van der Waals surface area contributed by atoms with Crippen LogP contribution in [0, 0.1) is 6.92 Å². The van der Waals surface area contributed by atoms with Crippen LogP contribution in [-0.4, -0.2) is 25.2 Å². The molecule has 0 radical (unpaired) electrons. The van der Waals surface area contributed by atoms with Crippen molar-refractivity contribution in [1.29, 1.82) is 0 Å². The van der Waals surface area contributed by atoms with Gasteiger partial charge in [-0.1, -0.05) is 6.07 Å². The maximum atomic E-state index is 11.7. The molecule has 0 amide bonds. The van der Waals surface area contributed by atoms with Gasteiger partial charge in [0.15, 0.2) is 0 Å². The van der Waals surface area contributed by atoms with Crippen LogP contribution in [0.1, 0.15) is 18.4 Å². The quantitative estimate of drug-likeness (QED) is 0.835. The first kappa shape index (κ1) is 15.0. The minimum atomic E-state index is -3.51. The number of benzene rings is 1. The van der Waals surface area contributed by atoms with Gasteiger partial charge in [-0.3, -0.25) is 9.52 Å². The highest BCUT2D eigenvalue weighted by Gasteiger charge is 2.13. The third kappa shape index (κ3) is 5.05. The van der Waals surface area contributed by atoms with Crippen LogP contribution in [0.25, 0.3) is 0 Å². The minimum Gasteiger partial charge on any atom is -0.481 e. The topological polar surface area (TPSA) is 83.5 Å². The third-order valence-corrected chi connectivity index (χ3v) is 4.21. The van der Waals surface area contributed by atoms with Gasteiger partial charge in [-0.15, -0.1) is 0 Å². The van der Waals surface area contributed by atoms with E-state index in [0.29, 0.717) is 10.2 Å². The van der Waals surface area contributed by atoms with E-state index in [9.17, 15) is 13.2 Å². The normalized spacial score (nSPS) is 11.2. The lowest BCUT2D eigenvalue weighted by Gasteiger charge is -2.09. The van der Waals surface area contributed by atoms with Crippen molar-refractivity contribution in [3.8, 4) is 0 Å². The van der Waals surface area contributed by atoms with Gasteiger partial charge in [0.05, 0.1) is 11.4 Å². The summed E-state index contributed by atoms with van der Waals surface area (Å²) in [5.41, 5.74) is 1.46. The molecular weight excluding hydrogens is 322 g/mol. The Morgan fingerprint density at radius 2 is 2.11 bits per heavy atom. The predicted molar refractivity (Wildman–Crippen MR) is 73.2 cm³/mol. The highest BCUT2D eigenvalue weighted by Crippen LogP contribution is 2.24. The molecule has 0 bridgehead atoms. The molecule has 0 aliphatic rings. The van der Waals surface area contributed by atoms with Crippen molar-refractivity contribution < 1.29 is 18.3 Å². The third-order valence-electron chi connectivity index (χ3n) is 2.19. The van der Waals surface area contributed by atoms with Gasteiger partial charge >= 0.3 is 5.97 Å². The number of anilines is 1. The number of rotatable bonds is 6. The van der Waals surface area contributed by atoms with Gasteiger partial charge in [0, 0.05) is 10.9 Å². The molecule has 7 heteroatoms. The van der Waals surface area contributed by atoms with Gasteiger partial charge in [0.25, 0.3) is 0 Å².